The Morgan fingerprint density at radius 1 is 0.966 bits per heavy atom. The topological polar surface area (TPSA) is 84.5 Å². The molecule has 0 saturated heterocycles. The number of rotatable bonds is 7. The lowest BCUT2D eigenvalue weighted by molar-refractivity contribution is 0.102. The van der Waals surface area contributed by atoms with E-state index in [2.05, 4.69) is 10.0 Å². The molecule has 0 aliphatic heterocycles. The molecule has 0 bridgehead atoms. The van der Waals surface area contributed by atoms with Crippen molar-refractivity contribution in [1.82, 2.24) is 0 Å². The molecule has 0 aliphatic rings. The van der Waals surface area contributed by atoms with Crippen LogP contribution in [0.1, 0.15) is 15.9 Å². The first-order valence-electron chi connectivity index (χ1n) is 8.66. The molecule has 0 spiro atoms. The van der Waals surface area contributed by atoms with Crippen molar-refractivity contribution in [3.8, 4) is 5.75 Å². The molecule has 6 nitrogen and oxygen atoms in total. The maximum Gasteiger partial charge on any atom is 0.259 e. The molecule has 3 aromatic carbocycles. The van der Waals surface area contributed by atoms with E-state index in [9.17, 15) is 13.2 Å². The summed E-state index contributed by atoms with van der Waals surface area (Å²) >= 11 is 5.89. The fourth-order valence-corrected chi connectivity index (χ4v) is 3.28. The van der Waals surface area contributed by atoms with Gasteiger partial charge in [-0.1, -0.05) is 41.9 Å². The van der Waals surface area contributed by atoms with E-state index >= 15 is 0 Å². The zero-order chi connectivity index (χ0) is 20.9. The summed E-state index contributed by atoms with van der Waals surface area (Å²) in [6, 6.07) is 20.6. The van der Waals surface area contributed by atoms with E-state index in [-0.39, 0.29) is 12.5 Å². The van der Waals surface area contributed by atoms with Crippen LogP contribution < -0.4 is 14.8 Å². The van der Waals surface area contributed by atoms with E-state index in [1.165, 1.54) is 6.07 Å². The number of benzene rings is 3. The summed E-state index contributed by atoms with van der Waals surface area (Å²) in [6.07, 6.45) is 1.06. The second-order valence-corrected chi connectivity index (χ2v) is 8.51. The molecular weight excluding hydrogens is 412 g/mol. The number of carbonyl (C=O) groups is 1. The number of ether oxygens (including phenoxy) is 1. The van der Waals surface area contributed by atoms with Crippen LogP contribution in [0.4, 0.5) is 11.4 Å². The normalized spacial score (nSPS) is 11.0. The third-order valence-electron chi connectivity index (χ3n) is 3.86. The molecule has 0 radical (unpaired) electrons. The first-order chi connectivity index (χ1) is 13.8. The number of para-hydroxylation sites is 1. The number of nitrogens with one attached hydrogen (secondary N) is 2. The lowest BCUT2D eigenvalue weighted by atomic mass is 10.1. The van der Waals surface area contributed by atoms with Gasteiger partial charge in [0.25, 0.3) is 5.91 Å². The van der Waals surface area contributed by atoms with Crippen molar-refractivity contribution in [3.63, 3.8) is 0 Å². The largest absolute Gasteiger partial charge is 0.488 e. The third-order valence-corrected chi connectivity index (χ3v) is 4.72. The van der Waals surface area contributed by atoms with E-state index in [1.807, 2.05) is 12.1 Å². The summed E-state index contributed by atoms with van der Waals surface area (Å²) in [7, 11) is -3.41. The van der Waals surface area contributed by atoms with Crippen LogP contribution in [-0.2, 0) is 16.6 Å². The van der Waals surface area contributed by atoms with Gasteiger partial charge in [0, 0.05) is 10.7 Å². The van der Waals surface area contributed by atoms with Gasteiger partial charge in [-0.2, -0.15) is 0 Å². The molecule has 0 aromatic heterocycles. The number of sulfonamides is 1. The second-order valence-electron chi connectivity index (χ2n) is 6.32. The number of hydrogen-bond acceptors (Lipinski definition) is 4. The Kier molecular flexibility index (Phi) is 6.41. The molecule has 0 saturated carbocycles. The lowest BCUT2D eigenvalue weighted by Crippen LogP contribution is -2.14. The minimum atomic E-state index is -3.41. The number of halogens is 1. The minimum absolute atomic E-state index is 0.287. The average Bonchev–Trinajstić information content (AvgIpc) is 2.67. The Morgan fingerprint density at radius 2 is 1.66 bits per heavy atom. The van der Waals surface area contributed by atoms with Gasteiger partial charge in [0.2, 0.25) is 10.0 Å². The van der Waals surface area contributed by atoms with Gasteiger partial charge in [-0.05, 0) is 48.0 Å². The van der Waals surface area contributed by atoms with Crippen molar-refractivity contribution in [2.24, 2.45) is 0 Å². The molecule has 0 aliphatic carbocycles. The standard InChI is InChI=1S/C21H19ClN2O4S/c1-29(26,27)24-18-6-4-5-17(13-18)23-21(25)19-7-2-3-8-20(19)28-14-15-9-11-16(22)12-10-15/h2-13,24H,14H2,1H3,(H,23,25). The van der Waals surface area contributed by atoms with Crippen LogP contribution in [0.5, 0.6) is 5.75 Å². The molecule has 29 heavy (non-hydrogen) atoms. The van der Waals surface area contributed by atoms with Gasteiger partial charge >= 0.3 is 0 Å². The summed E-state index contributed by atoms with van der Waals surface area (Å²) in [4.78, 5) is 12.7. The van der Waals surface area contributed by atoms with Crippen LogP contribution in [0.2, 0.25) is 5.02 Å². The molecule has 0 unspecified atom stereocenters. The fourth-order valence-electron chi connectivity index (χ4n) is 2.59. The predicted molar refractivity (Wildman–Crippen MR) is 115 cm³/mol. The first kappa shape index (κ1) is 20.7. The number of amides is 1. The number of anilines is 2. The highest BCUT2D eigenvalue weighted by molar-refractivity contribution is 7.92. The van der Waals surface area contributed by atoms with Crippen LogP contribution in [0, 0.1) is 0 Å². The van der Waals surface area contributed by atoms with E-state index in [1.54, 1.807) is 54.6 Å². The van der Waals surface area contributed by atoms with Gasteiger partial charge in [-0.25, -0.2) is 8.42 Å². The summed E-state index contributed by atoms with van der Waals surface area (Å²) in [5.74, 6) is 0.0681. The SMILES string of the molecule is CS(=O)(=O)Nc1cccc(NC(=O)c2ccccc2OCc2ccc(Cl)cc2)c1. The van der Waals surface area contributed by atoms with Crippen LogP contribution >= 0.6 is 11.6 Å². The smallest absolute Gasteiger partial charge is 0.259 e. The van der Waals surface area contributed by atoms with Crippen LogP contribution in [0.25, 0.3) is 0 Å². The highest BCUT2D eigenvalue weighted by Gasteiger charge is 2.13. The monoisotopic (exact) mass is 430 g/mol. The maximum atomic E-state index is 12.7. The Morgan fingerprint density at radius 3 is 2.38 bits per heavy atom. The van der Waals surface area contributed by atoms with Crippen molar-refractivity contribution in [1.29, 1.82) is 0 Å². The highest BCUT2D eigenvalue weighted by atomic mass is 35.5. The molecule has 0 fully saturated rings. The molecule has 1 amide bonds. The van der Waals surface area contributed by atoms with Gasteiger partial charge in [-0.3, -0.25) is 9.52 Å². The highest BCUT2D eigenvalue weighted by Crippen LogP contribution is 2.23. The van der Waals surface area contributed by atoms with Gasteiger partial charge in [0.15, 0.2) is 0 Å². The van der Waals surface area contributed by atoms with E-state index in [0.29, 0.717) is 27.7 Å². The van der Waals surface area contributed by atoms with Crippen molar-refractivity contribution < 1.29 is 17.9 Å². The Hall–Kier alpha value is -3.03. The van der Waals surface area contributed by atoms with Crippen molar-refractivity contribution in [2.75, 3.05) is 16.3 Å². The third kappa shape index (κ3) is 6.23. The first-order valence-corrected chi connectivity index (χ1v) is 10.9. The fraction of sp³-hybridized carbons (Fsp3) is 0.0952. The molecule has 3 rings (SSSR count). The number of hydrogen-bond donors (Lipinski definition) is 2. The summed E-state index contributed by atoms with van der Waals surface area (Å²) < 4.78 is 31.0. The summed E-state index contributed by atoms with van der Waals surface area (Å²) in [6.45, 7) is 0.287. The minimum Gasteiger partial charge on any atom is -0.488 e. The van der Waals surface area contributed by atoms with Gasteiger partial charge in [-0.15, -0.1) is 0 Å². The Balaban J connectivity index is 1.73. The van der Waals surface area contributed by atoms with E-state index in [0.717, 1.165) is 11.8 Å². The predicted octanol–water partition coefficient (Wildman–Crippen LogP) is 4.54. The van der Waals surface area contributed by atoms with Crippen LogP contribution in [0.3, 0.4) is 0 Å². The molecule has 3 aromatic rings. The second kappa shape index (κ2) is 8.98. The van der Waals surface area contributed by atoms with Gasteiger partial charge < -0.3 is 10.1 Å². The van der Waals surface area contributed by atoms with Gasteiger partial charge in [0.05, 0.1) is 17.5 Å². The zero-order valence-corrected chi connectivity index (χ0v) is 17.1. The summed E-state index contributed by atoms with van der Waals surface area (Å²) in [5.41, 5.74) is 2.10. The number of carbonyl (C=O) groups excluding carboxylic acids is 1. The zero-order valence-electron chi connectivity index (χ0n) is 15.6. The molecule has 8 heteroatoms. The Labute approximate surface area is 174 Å². The molecule has 0 atom stereocenters. The van der Waals surface area contributed by atoms with Crippen molar-refractivity contribution >= 4 is 38.9 Å². The van der Waals surface area contributed by atoms with Crippen molar-refractivity contribution in [3.05, 3.63) is 88.9 Å². The molecule has 150 valence electrons. The quantitative estimate of drug-likeness (QED) is 0.576. The van der Waals surface area contributed by atoms with E-state index in [4.69, 9.17) is 16.3 Å². The summed E-state index contributed by atoms with van der Waals surface area (Å²) in [5, 5.41) is 3.40. The maximum absolute atomic E-state index is 12.7. The molecule has 2 N–H and O–H groups in total. The Bertz CT molecular complexity index is 1120. The van der Waals surface area contributed by atoms with E-state index < -0.39 is 10.0 Å². The lowest BCUT2D eigenvalue weighted by Gasteiger charge is -2.12. The molecular formula is C21H19ClN2O4S. The van der Waals surface area contributed by atoms with Crippen LogP contribution in [0.15, 0.2) is 72.8 Å². The van der Waals surface area contributed by atoms with Crippen LogP contribution in [-0.4, -0.2) is 20.6 Å². The average molecular weight is 431 g/mol. The molecule has 0 heterocycles. The van der Waals surface area contributed by atoms with Gasteiger partial charge in [0.1, 0.15) is 12.4 Å². The van der Waals surface area contributed by atoms with Crippen molar-refractivity contribution in [2.45, 2.75) is 6.61 Å².